The number of piperidine rings is 1. The van der Waals surface area contributed by atoms with Gasteiger partial charge in [-0.2, -0.15) is 8.78 Å². The molecule has 1 aliphatic heterocycles. The van der Waals surface area contributed by atoms with E-state index in [9.17, 15) is 13.2 Å². The van der Waals surface area contributed by atoms with Crippen LogP contribution >= 0.6 is 0 Å². The first-order valence-electron chi connectivity index (χ1n) is 12.5. The van der Waals surface area contributed by atoms with Gasteiger partial charge in [0.1, 0.15) is 5.82 Å². The van der Waals surface area contributed by atoms with Gasteiger partial charge < -0.3 is 4.90 Å². The van der Waals surface area contributed by atoms with Crippen LogP contribution in [0.3, 0.4) is 0 Å². The molecule has 1 saturated heterocycles. The lowest BCUT2D eigenvalue weighted by atomic mass is 9.88. The third kappa shape index (κ3) is 5.81. The molecule has 1 heterocycles. The van der Waals surface area contributed by atoms with Gasteiger partial charge in [0, 0.05) is 29.4 Å². The molecule has 0 radical (unpaired) electrons. The lowest BCUT2D eigenvalue weighted by Gasteiger charge is -2.40. The van der Waals surface area contributed by atoms with Crippen LogP contribution in [-0.2, 0) is 6.54 Å². The number of anilines is 1. The minimum Gasteiger partial charge on any atom is -0.313 e. The Balaban J connectivity index is 1.37. The van der Waals surface area contributed by atoms with Gasteiger partial charge in [-0.25, -0.2) is 4.39 Å². The van der Waals surface area contributed by atoms with E-state index < -0.39 is 6.55 Å². The molecule has 1 N–H and O–H groups in total. The van der Waals surface area contributed by atoms with E-state index in [1.807, 2.05) is 51.1 Å². The number of likely N-dealkylation sites (tertiary alicyclic amines) is 1. The first kappa shape index (κ1) is 26.0. The van der Waals surface area contributed by atoms with Gasteiger partial charge in [-0.15, -0.1) is 0 Å². The van der Waals surface area contributed by atoms with Crippen LogP contribution in [0.2, 0.25) is 0 Å². The zero-order valence-electron chi connectivity index (χ0n) is 21.1. The van der Waals surface area contributed by atoms with E-state index >= 15 is 0 Å². The Morgan fingerprint density at radius 3 is 2.33 bits per heavy atom. The molecule has 1 aliphatic rings. The van der Waals surface area contributed by atoms with Crippen LogP contribution in [0.25, 0.3) is 0 Å². The molecule has 3 nitrogen and oxygen atoms in total. The fourth-order valence-electron chi connectivity index (χ4n) is 5.34. The standard InChI is InChI=1S/C30H34F3N3/c1-20-7-4-5-10-28(20)36(30(32)33)22(3)24-13-15-35(16-14-24)19-23-11-12-27(21(2)17-23)29(34)25-8-6-9-26(31)18-25/h4-12,17-18,22,24,30,34H,13-16,19H2,1-3H3. The molecule has 6 heteroatoms. The lowest BCUT2D eigenvalue weighted by molar-refractivity contribution is 0.104. The summed E-state index contributed by atoms with van der Waals surface area (Å²) in [5, 5.41) is 8.50. The molecule has 3 aromatic carbocycles. The van der Waals surface area contributed by atoms with E-state index in [1.54, 1.807) is 18.2 Å². The topological polar surface area (TPSA) is 30.3 Å². The molecule has 190 valence electrons. The summed E-state index contributed by atoms with van der Waals surface area (Å²) >= 11 is 0. The van der Waals surface area contributed by atoms with Crippen molar-refractivity contribution in [1.29, 1.82) is 5.41 Å². The normalized spacial score (nSPS) is 15.8. The number of benzene rings is 3. The molecule has 1 fully saturated rings. The Hall–Kier alpha value is -3.12. The third-order valence-corrected chi connectivity index (χ3v) is 7.44. The molecule has 0 saturated carbocycles. The molecule has 0 bridgehead atoms. The monoisotopic (exact) mass is 493 g/mol. The van der Waals surface area contributed by atoms with Gasteiger partial charge in [0.25, 0.3) is 0 Å². The quantitative estimate of drug-likeness (QED) is 0.266. The zero-order valence-corrected chi connectivity index (χ0v) is 21.1. The predicted molar refractivity (Wildman–Crippen MR) is 141 cm³/mol. The zero-order chi connectivity index (χ0) is 25.8. The number of nitrogens with one attached hydrogen (secondary N) is 1. The first-order chi connectivity index (χ1) is 17.2. The van der Waals surface area contributed by atoms with Gasteiger partial charge in [-0.3, -0.25) is 10.3 Å². The number of halogens is 3. The maximum atomic E-state index is 14.1. The highest BCUT2D eigenvalue weighted by Crippen LogP contribution is 2.32. The summed E-state index contributed by atoms with van der Waals surface area (Å²) in [6, 6.07) is 19.3. The van der Waals surface area contributed by atoms with Crippen molar-refractivity contribution in [3.8, 4) is 0 Å². The Kier molecular flexibility index (Phi) is 8.14. The second-order valence-corrected chi connectivity index (χ2v) is 9.86. The number of rotatable bonds is 8. The molecule has 36 heavy (non-hydrogen) atoms. The average molecular weight is 494 g/mol. The van der Waals surface area contributed by atoms with Crippen LogP contribution in [0, 0.1) is 31.0 Å². The largest absolute Gasteiger partial charge is 0.315 e. The summed E-state index contributed by atoms with van der Waals surface area (Å²) in [4.78, 5) is 3.65. The third-order valence-electron chi connectivity index (χ3n) is 7.44. The van der Waals surface area contributed by atoms with Gasteiger partial charge in [-0.05, 0) is 87.5 Å². The minimum atomic E-state index is -2.54. The number of hydrogen-bond donors (Lipinski definition) is 1. The molecule has 1 unspecified atom stereocenters. The SMILES string of the molecule is Cc1cc(CN2CCC(C(C)N(c3ccccc3C)C(F)F)CC2)ccc1C(=N)c1cccc(F)c1. The van der Waals surface area contributed by atoms with E-state index in [2.05, 4.69) is 11.0 Å². The van der Waals surface area contributed by atoms with E-state index in [1.165, 1.54) is 17.0 Å². The highest BCUT2D eigenvalue weighted by atomic mass is 19.3. The number of nitrogens with zero attached hydrogens (tertiary/aromatic N) is 2. The van der Waals surface area contributed by atoms with Crippen LogP contribution < -0.4 is 4.90 Å². The Morgan fingerprint density at radius 2 is 1.69 bits per heavy atom. The second-order valence-electron chi connectivity index (χ2n) is 9.86. The van der Waals surface area contributed by atoms with Gasteiger partial charge in [0.2, 0.25) is 0 Å². The van der Waals surface area contributed by atoms with Gasteiger partial charge in [0.15, 0.2) is 0 Å². The van der Waals surface area contributed by atoms with Gasteiger partial charge >= 0.3 is 6.55 Å². The summed E-state index contributed by atoms with van der Waals surface area (Å²) in [7, 11) is 0. The molecule has 0 aliphatic carbocycles. The number of hydrogen-bond acceptors (Lipinski definition) is 3. The van der Waals surface area contributed by atoms with Crippen LogP contribution in [0.15, 0.2) is 66.7 Å². The van der Waals surface area contributed by atoms with Crippen LogP contribution in [-0.4, -0.2) is 36.3 Å². The summed E-state index contributed by atoms with van der Waals surface area (Å²) in [5.74, 6) is -0.148. The van der Waals surface area contributed by atoms with Crippen LogP contribution in [0.4, 0.5) is 18.9 Å². The van der Waals surface area contributed by atoms with Gasteiger partial charge in [-0.1, -0.05) is 48.5 Å². The summed E-state index contributed by atoms with van der Waals surface area (Å²) in [6.45, 7) is 5.75. The molecule has 0 amide bonds. The smallest absolute Gasteiger partial charge is 0.313 e. The Bertz CT molecular complexity index is 1200. The fourth-order valence-corrected chi connectivity index (χ4v) is 5.34. The van der Waals surface area contributed by atoms with Crippen LogP contribution in [0.1, 0.15) is 47.6 Å². The average Bonchev–Trinajstić information content (AvgIpc) is 2.85. The van der Waals surface area contributed by atoms with Crippen molar-refractivity contribution in [2.75, 3.05) is 18.0 Å². The van der Waals surface area contributed by atoms with Crippen LogP contribution in [0.5, 0.6) is 0 Å². The number of alkyl halides is 2. The summed E-state index contributed by atoms with van der Waals surface area (Å²) in [5.41, 5.74) is 5.28. The van der Waals surface area contributed by atoms with Gasteiger partial charge in [0.05, 0.1) is 5.71 Å². The summed E-state index contributed by atoms with van der Waals surface area (Å²) < 4.78 is 41.7. The highest BCUT2D eigenvalue weighted by molar-refractivity contribution is 6.11. The van der Waals surface area contributed by atoms with Crippen molar-refractivity contribution in [2.24, 2.45) is 5.92 Å². The highest BCUT2D eigenvalue weighted by Gasteiger charge is 2.32. The van der Waals surface area contributed by atoms with Crippen molar-refractivity contribution >= 4 is 11.4 Å². The second kappa shape index (κ2) is 11.3. The van der Waals surface area contributed by atoms with E-state index in [-0.39, 0.29) is 17.8 Å². The first-order valence-corrected chi connectivity index (χ1v) is 12.5. The molecular formula is C30H34F3N3. The van der Waals surface area contributed by atoms with Crippen molar-refractivity contribution in [3.63, 3.8) is 0 Å². The Morgan fingerprint density at radius 1 is 0.972 bits per heavy atom. The molecule has 0 spiro atoms. The summed E-state index contributed by atoms with van der Waals surface area (Å²) in [6.07, 6.45) is 1.75. The van der Waals surface area contributed by atoms with E-state index in [4.69, 9.17) is 5.41 Å². The van der Waals surface area contributed by atoms with Crippen molar-refractivity contribution in [2.45, 2.75) is 52.7 Å². The predicted octanol–water partition coefficient (Wildman–Crippen LogP) is 7.19. The van der Waals surface area contributed by atoms with Crippen molar-refractivity contribution < 1.29 is 13.2 Å². The van der Waals surface area contributed by atoms with E-state index in [0.717, 1.165) is 54.7 Å². The fraction of sp³-hybridized carbons (Fsp3) is 0.367. The molecule has 0 aromatic heterocycles. The maximum Gasteiger partial charge on any atom is 0.315 e. The number of para-hydroxylation sites is 1. The molecule has 4 rings (SSSR count). The number of aryl methyl sites for hydroxylation is 2. The minimum absolute atomic E-state index is 0.200. The lowest BCUT2D eigenvalue weighted by Crippen LogP contribution is -2.46. The molecular weight excluding hydrogens is 459 g/mol. The molecule has 3 aromatic rings. The molecule has 1 atom stereocenters. The van der Waals surface area contributed by atoms with Crippen molar-refractivity contribution in [1.82, 2.24) is 4.90 Å². The van der Waals surface area contributed by atoms with Crippen molar-refractivity contribution in [3.05, 3.63) is 100 Å². The Labute approximate surface area is 212 Å². The maximum absolute atomic E-state index is 14.1. The van der Waals surface area contributed by atoms with E-state index in [0.29, 0.717) is 17.0 Å².